The molecule has 0 fully saturated rings. The van der Waals surface area contributed by atoms with E-state index in [1.165, 1.54) is 139 Å². The molecule has 0 bridgehead atoms. The molecule has 0 heterocycles. The molecule has 48 heavy (non-hydrogen) atoms. The molecule has 0 radical (unpaired) electrons. The Balaban J connectivity index is 3.88. The average molecular weight is 778 g/mol. The Bertz CT molecular complexity index is 774. The highest BCUT2D eigenvalue weighted by molar-refractivity contribution is 8.05. The van der Waals surface area contributed by atoms with Gasteiger partial charge in [0.2, 0.25) is 0 Å². The van der Waals surface area contributed by atoms with Crippen molar-refractivity contribution in [3.8, 4) is 0 Å². The third-order valence-corrected chi connectivity index (χ3v) is 11.6. The van der Waals surface area contributed by atoms with Crippen molar-refractivity contribution in [1.82, 2.24) is 0 Å². The summed E-state index contributed by atoms with van der Waals surface area (Å²) < 4.78 is 27.4. The van der Waals surface area contributed by atoms with E-state index in [4.69, 9.17) is 36.5 Å². The van der Waals surface area contributed by atoms with Crippen LogP contribution in [-0.2, 0) is 28.2 Å². The topological polar surface area (TPSA) is 78.9 Å². The average Bonchev–Trinajstić information content (AvgIpc) is 3.05. The molecule has 0 saturated heterocycles. The molecule has 0 amide bonds. The minimum absolute atomic E-state index is 0.175. The largest absolute Gasteiger partial charge is 0.462 e. The van der Waals surface area contributed by atoms with E-state index in [1.807, 2.05) is 0 Å². The van der Waals surface area contributed by atoms with Crippen LogP contribution in [0.3, 0.4) is 0 Å². The molecule has 1 atom stereocenters. The maximum absolute atomic E-state index is 12.4. The molecule has 0 aliphatic rings. The molecule has 0 aromatic heterocycles. The first-order valence-electron chi connectivity index (χ1n) is 19.4. The molecule has 0 N–H and O–H groups in total. The maximum Gasteiger partial charge on any atom is 0.380 e. The molecule has 0 saturated carbocycles. The first kappa shape index (κ1) is 48.4. The molecule has 286 valence electrons. The van der Waals surface area contributed by atoms with Crippen LogP contribution in [0.25, 0.3) is 0 Å². The van der Waals surface area contributed by atoms with Gasteiger partial charge in [0.25, 0.3) is 0 Å². The van der Waals surface area contributed by atoms with Crippen LogP contribution in [0.4, 0.5) is 0 Å². The van der Waals surface area contributed by atoms with Gasteiger partial charge in [-0.2, -0.15) is 23.5 Å². The standard InChI is InChI=1S/C37H71Cl2O6PS2/c1-3-5-7-9-17-23-29-47-31-25-19-13-11-15-21-27-36(40)43-33-35(34-44-46(38,39)42)45-37(41)28-22-16-12-14-20-26-32-48-30-24-18-10-8-6-4-2/h35H,3-34H2,1-2H3. The summed E-state index contributed by atoms with van der Waals surface area (Å²) in [5.74, 6) is 4.32. The predicted molar refractivity (Wildman–Crippen MR) is 212 cm³/mol. The lowest BCUT2D eigenvalue weighted by Crippen LogP contribution is -2.29. The van der Waals surface area contributed by atoms with Gasteiger partial charge in [-0.25, -0.2) is 0 Å². The minimum Gasteiger partial charge on any atom is -0.462 e. The zero-order chi connectivity index (χ0) is 35.4. The molecule has 11 heteroatoms. The number of halogens is 2. The van der Waals surface area contributed by atoms with E-state index >= 15 is 0 Å². The highest BCUT2D eigenvalue weighted by atomic mass is 35.9. The van der Waals surface area contributed by atoms with Gasteiger partial charge in [-0.05, 0) is 84.0 Å². The van der Waals surface area contributed by atoms with Gasteiger partial charge in [0.05, 0.1) is 6.61 Å². The fourth-order valence-corrected chi connectivity index (χ4v) is 8.04. The molecule has 6 nitrogen and oxygen atoms in total. The summed E-state index contributed by atoms with van der Waals surface area (Å²) in [6.07, 6.45) is 25.2. The summed E-state index contributed by atoms with van der Waals surface area (Å²) in [4.78, 5) is 24.7. The summed E-state index contributed by atoms with van der Waals surface area (Å²) in [6.45, 7) is 4.05. The maximum atomic E-state index is 12.4. The first-order valence-corrected chi connectivity index (χ1v) is 25.2. The Morgan fingerprint density at radius 3 is 1.27 bits per heavy atom. The normalized spacial score (nSPS) is 12.3. The molecule has 0 aliphatic carbocycles. The lowest BCUT2D eigenvalue weighted by atomic mass is 10.1. The van der Waals surface area contributed by atoms with Crippen molar-refractivity contribution < 1.29 is 28.2 Å². The Morgan fingerprint density at radius 2 is 0.875 bits per heavy atom. The van der Waals surface area contributed by atoms with Crippen molar-refractivity contribution in [2.24, 2.45) is 0 Å². The van der Waals surface area contributed by atoms with Crippen molar-refractivity contribution >= 4 is 64.0 Å². The Kier molecular flexibility index (Phi) is 37.5. The van der Waals surface area contributed by atoms with Crippen molar-refractivity contribution in [3.05, 3.63) is 0 Å². The number of hydrogen-bond donors (Lipinski definition) is 0. The fourth-order valence-electron chi connectivity index (χ4n) is 5.32. The monoisotopic (exact) mass is 776 g/mol. The summed E-state index contributed by atoms with van der Waals surface area (Å²) >= 11 is 15.2. The van der Waals surface area contributed by atoms with E-state index in [9.17, 15) is 14.2 Å². The van der Waals surface area contributed by atoms with Gasteiger partial charge < -0.3 is 14.0 Å². The second-order valence-electron chi connectivity index (χ2n) is 13.0. The molecular weight excluding hydrogens is 706 g/mol. The third kappa shape index (κ3) is 39.2. The predicted octanol–water partition coefficient (Wildman–Crippen LogP) is 13.7. The number of unbranched alkanes of at least 4 members (excludes halogenated alkanes) is 20. The summed E-state index contributed by atoms with van der Waals surface area (Å²) in [7, 11) is 0. The second-order valence-corrected chi connectivity index (χ2v) is 19.7. The molecule has 0 aromatic carbocycles. The Morgan fingerprint density at radius 1 is 0.521 bits per heavy atom. The van der Waals surface area contributed by atoms with Crippen molar-refractivity contribution in [1.29, 1.82) is 0 Å². The number of thioether (sulfide) groups is 2. The number of esters is 2. The summed E-state index contributed by atoms with van der Waals surface area (Å²) in [6, 6.07) is 0. The van der Waals surface area contributed by atoms with E-state index in [2.05, 4.69) is 37.4 Å². The van der Waals surface area contributed by atoms with Crippen LogP contribution in [0.5, 0.6) is 0 Å². The van der Waals surface area contributed by atoms with Crippen LogP contribution in [0.1, 0.15) is 181 Å². The highest BCUT2D eigenvalue weighted by Crippen LogP contribution is 2.57. The van der Waals surface area contributed by atoms with E-state index in [1.54, 1.807) is 0 Å². The molecule has 0 rings (SSSR count). The number of rotatable bonds is 38. The van der Waals surface area contributed by atoms with Crippen molar-refractivity contribution in [2.75, 3.05) is 36.2 Å². The van der Waals surface area contributed by atoms with Gasteiger partial charge in [0.15, 0.2) is 6.10 Å². The van der Waals surface area contributed by atoms with Crippen molar-refractivity contribution in [2.45, 2.75) is 187 Å². The molecule has 0 aromatic rings. The number of carbonyl (C=O) groups is 2. The zero-order valence-corrected chi connectivity index (χ0v) is 34.7. The van der Waals surface area contributed by atoms with Gasteiger partial charge in [-0.15, -0.1) is 0 Å². The lowest BCUT2D eigenvalue weighted by Gasteiger charge is -2.18. The van der Waals surface area contributed by atoms with Gasteiger partial charge in [0.1, 0.15) is 6.61 Å². The minimum atomic E-state index is -3.80. The smallest absolute Gasteiger partial charge is 0.380 e. The lowest BCUT2D eigenvalue weighted by molar-refractivity contribution is -0.161. The Hall–Kier alpha value is 0.410. The number of ether oxygens (including phenoxy) is 2. The molecule has 0 spiro atoms. The van der Waals surface area contributed by atoms with Crippen LogP contribution >= 0.6 is 52.1 Å². The highest BCUT2D eigenvalue weighted by Gasteiger charge is 2.23. The van der Waals surface area contributed by atoms with Gasteiger partial charge >= 0.3 is 18.0 Å². The van der Waals surface area contributed by atoms with Crippen LogP contribution in [0.2, 0.25) is 0 Å². The number of carbonyl (C=O) groups excluding carboxylic acids is 2. The van der Waals surface area contributed by atoms with Crippen LogP contribution in [0.15, 0.2) is 0 Å². The molecule has 0 aliphatic heterocycles. The van der Waals surface area contributed by atoms with Crippen LogP contribution in [-0.4, -0.2) is 54.3 Å². The Labute approximate surface area is 313 Å². The van der Waals surface area contributed by atoms with Gasteiger partial charge in [-0.1, -0.05) is 129 Å². The summed E-state index contributed by atoms with van der Waals surface area (Å²) in [5.41, 5.74) is 0. The third-order valence-electron chi connectivity index (χ3n) is 8.26. The van der Waals surface area contributed by atoms with E-state index in [-0.39, 0.29) is 25.6 Å². The quantitative estimate of drug-likeness (QED) is 0.0348. The van der Waals surface area contributed by atoms with Gasteiger partial charge in [0, 0.05) is 12.8 Å². The summed E-state index contributed by atoms with van der Waals surface area (Å²) in [5, 5.41) is 0. The first-order chi connectivity index (χ1) is 23.3. The number of hydrogen-bond acceptors (Lipinski definition) is 8. The molecular formula is C37H71Cl2O6PS2. The fraction of sp³-hybridized carbons (Fsp3) is 0.946. The van der Waals surface area contributed by atoms with E-state index in [0.717, 1.165) is 38.5 Å². The van der Waals surface area contributed by atoms with E-state index < -0.39 is 18.1 Å². The van der Waals surface area contributed by atoms with Crippen LogP contribution < -0.4 is 0 Å². The second kappa shape index (κ2) is 37.2. The zero-order valence-electron chi connectivity index (χ0n) is 30.7. The van der Waals surface area contributed by atoms with Crippen molar-refractivity contribution in [3.63, 3.8) is 0 Å². The van der Waals surface area contributed by atoms with E-state index in [0.29, 0.717) is 6.42 Å². The van der Waals surface area contributed by atoms with Gasteiger partial charge in [-0.3, -0.25) is 14.2 Å². The van der Waals surface area contributed by atoms with Crippen LogP contribution in [0, 0.1) is 0 Å². The molecule has 1 unspecified atom stereocenters. The SMILES string of the molecule is CCCCCCCCSCCCCCCCCC(=O)OCC(COP(=O)(Cl)Cl)OC(=O)CCCCCCCCSCCCCCCCC.